The van der Waals surface area contributed by atoms with Crippen LogP contribution in [0, 0.1) is 6.92 Å². The number of urea groups is 1. The number of carbonyl (C=O) groups is 3. The van der Waals surface area contributed by atoms with Crippen LogP contribution in [0.1, 0.15) is 44.1 Å². The van der Waals surface area contributed by atoms with Gasteiger partial charge in [0.1, 0.15) is 5.54 Å². The summed E-state index contributed by atoms with van der Waals surface area (Å²) in [4.78, 5) is 38.1. The third kappa shape index (κ3) is 3.63. The van der Waals surface area contributed by atoms with Crippen molar-refractivity contribution in [1.82, 2.24) is 10.2 Å². The predicted molar refractivity (Wildman–Crippen MR) is 95.5 cm³/mol. The normalized spacial score (nSPS) is 19.2. The van der Waals surface area contributed by atoms with Crippen LogP contribution in [-0.4, -0.2) is 34.8 Å². The number of hydrogen-bond donors (Lipinski definition) is 2. The number of aryl methyl sites for hydroxylation is 1. The van der Waals surface area contributed by atoms with Gasteiger partial charge < -0.3 is 10.6 Å². The minimum Gasteiger partial charge on any atom is -0.326 e. The van der Waals surface area contributed by atoms with Crippen LogP contribution in [0.15, 0.2) is 18.2 Å². The van der Waals surface area contributed by atoms with Gasteiger partial charge >= 0.3 is 6.03 Å². The van der Waals surface area contributed by atoms with Gasteiger partial charge in [0, 0.05) is 23.7 Å². The van der Waals surface area contributed by atoms with E-state index in [0.29, 0.717) is 23.6 Å². The van der Waals surface area contributed by atoms with Gasteiger partial charge in [-0.3, -0.25) is 14.5 Å². The molecule has 3 rings (SSSR count). The summed E-state index contributed by atoms with van der Waals surface area (Å²) in [6.07, 6.45) is 4.39. The van der Waals surface area contributed by atoms with Gasteiger partial charge in [-0.15, -0.1) is 0 Å². The number of nitrogens with one attached hydrogen (secondary N) is 2. The molecule has 2 aliphatic rings. The van der Waals surface area contributed by atoms with Crippen molar-refractivity contribution >= 4 is 35.1 Å². The zero-order chi connectivity index (χ0) is 18.0. The maximum Gasteiger partial charge on any atom is 0.325 e. The molecule has 0 atom stereocenters. The SMILES string of the molecule is Cc1ccc(NC(=O)CCN2C(=O)NC3(CCCCC3)C2=O)cc1Cl. The van der Waals surface area contributed by atoms with Gasteiger partial charge in [0.2, 0.25) is 5.91 Å². The summed E-state index contributed by atoms with van der Waals surface area (Å²) < 4.78 is 0. The largest absolute Gasteiger partial charge is 0.326 e. The number of carbonyl (C=O) groups excluding carboxylic acids is 3. The summed E-state index contributed by atoms with van der Waals surface area (Å²) >= 11 is 6.04. The molecule has 2 N–H and O–H groups in total. The van der Waals surface area contributed by atoms with Crippen LogP contribution in [-0.2, 0) is 9.59 Å². The van der Waals surface area contributed by atoms with Crippen LogP contribution < -0.4 is 10.6 Å². The molecule has 25 heavy (non-hydrogen) atoms. The molecule has 0 bridgehead atoms. The summed E-state index contributed by atoms with van der Waals surface area (Å²) in [6.45, 7) is 1.96. The third-order valence-electron chi connectivity index (χ3n) is 4.97. The van der Waals surface area contributed by atoms with E-state index in [2.05, 4.69) is 10.6 Å². The molecule has 6 nitrogen and oxygen atoms in total. The fourth-order valence-electron chi connectivity index (χ4n) is 3.48. The predicted octanol–water partition coefficient (Wildman–Crippen LogP) is 3.23. The number of benzene rings is 1. The average molecular weight is 364 g/mol. The Labute approximate surface area is 151 Å². The highest BCUT2D eigenvalue weighted by Crippen LogP contribution is 2.33. The van der Waals surface area contributed by atoms with Crippen molar-refractivity contribution in [3.63, 3.8) is 0 Å². The molecule has 1 aromatic rings. The van der Waals surface area contributed by atoms with Gasteiger partial charge in [-0.25, -0.2) is 4.79 Å². The molecule has 4 amide bonds. The molecule has 134 valence electrons. The van der Waals surface area contributed by atoms with Crippen molar-refractivity contribution < 1.29 is 14.4 Å². The summed E-state index contributed by atoms with van der Waals surface area (Å²) in [6, 6.07) is 4.88. The molecule has 1 saturated carbocycles. The summed E-state index contributed by atoms with van der Waals surface area (Å²) in [5.74, 6) is -0.450. The fraction of sp³-hybridized carbons (Fsp3) is 0.500. The molecular formula is C18H22ClN3O3. The molecule has 1 heterocycles. The molecular weight excluding hydrogens is 342 g/mol. The lowest BCUT2D eigenvalue weighted by Crippen LogP contribution is -2.48. The second-order valence-electron chi connectivity index (χ2n) is 6.79. The third-order valence-corrected chi connectivity index (χ3v) is 5.38. The quantitative estimate of drug-likeness (QED) is 0.806. The van der Waals surface area contributed by atoms with Crippen molar-refractivity contribution in [3.05, 3.63) is 28.8 Å². The molecule has 1 spiro atoms. The molecule has 1 aliphatic heterocycles. The topological polar surface area (TPSA) is 78.5 Å². The number of imide groups is 1. The second-order valence-corrected chi connectivity index (χ2v) is 7.20. The van der Waals surface area contributed by atoms with Crippen LogP contribution in [0.4, 0.5) is 10.5 Å². The molecule has 1 aliphatic carbocycles. The van der Waals surface area contributed by atoms with Crippen LogP contribution in [0.3, 0.4) is 0 Å². The van der Waals surface area contributed by atoms with E-state index >= 15 is 0 Å². The Kier molecular flexibility index (Phi) is 4.99. The highest BCUT2D eigenvalue weighted by molar-refractivity contribution is 6.31. The van der Waals surface area contributed by atoms with E-state index < -0.39 is 11.6 Å². The van der Waals surface area contributed by atoms with Gasteiger partial charge in [-0.1, -0.05) is 36.9 Å². The number of rotatable bonds is 4. The Balaban J connectivity index is 1.57. The van der Waals surface area contributed by atoms with Gasteiger partial charge in [-0.05, 0) is 37.5 Å². The average Bonchev–Trinajstić information content (AvgIpc) is 2.80. The van der Waals surface area contributed by atoms with Crippen LogP contribution in [0.5, 0.6) is 0 Å². The van der Waals surface area contributed by atoms with Crippen LogP contribution in [0.2, 0.25) is 5.02 Å². The monoisotopic (exact) mass is 363 g/mol. The molecule has 2 fully saturated rings. The van der Waals surface area contributed by atoms with E-state index in [4.69, 9.17) is 11.6 Å². The number of amides is 4. The lowest BCUT2D eigenvalue weighted by Gasteiger charge is -2.30. The minimum absolute atomic E-state index is 0.0563. The molecule has 0 aromatic heterocycles. The molecule has 0 unspecified atom stereocenters. The maximum atomic E-state index is 12.6. The van der Waals surface area contributed by atoms with E-state index in [1.54, 1.807) is 12.1 Å². The molecule has 1 aromatic carbocycles. The molecule has 0 radical (unpaired) electrons. The van der Waals surface area contributed by atoms with Crippen molar-refractivity contribution in [3.8, 4) is 0 Å². The van der Waals surface area contributed by atoms with Crippen molar-refractivity contribution in [2.24, 2.45) is 0 Å². The number of anilines is 1. The van der Waals surface area contributed by atoms with E-state index in [0.717, 1.165) is 24.8 Å². The summed E-state index contributed by atoms with van der Waals surface area (Å²) in [7, 11) is 0. The number of nitrogens with zero attached hydrogens (tertiary/aromatic N) is 1. The Bertz CT molecular complexity index is 714. The van der Waals surface area contributed by atoms with Gasteiger partial charge in [-0.2, -0.15) is 0 Å². The van der Waals surface area contributed by atoms with Gasteiger partial charge in [0.15, 0.2) is 0 Å². The highest BCUT2D eigenvalue weighted by Gasteiger charge is 2.50. The first-order chi connectivity index (χ1) is 11.9. The zero-order valence-electron chi connectivity index (χ0n) is 14.2. The lowest BCUT2D eigenvalue weighted by molar-refractivity contribution is -0.132. The lowest BCUT2D eigenvalue weighted by atomic mass is 9.82. The Morgan fingerprint density at radius 2 is 2.00 bits per heavy atom. The number of halogens is 1. The smallest absolute Gasteiger partial charge is 0.325 e. The first-order valence-corrected chi connectivity index (χ1v) is 8.99. The Morgan fingerprint density at radius 1 is 1.28 bits per heavy atom. The van der Waals surface area contributed by atoms with E-state index in [1.807, 2.05) is 13.0 Å². The summed E-state index contributed by atoms with van der Waals surface area (Å²) in [5, 5.41) is 6.16. The fourth-order valence-corrected chi connectivity index (χ4v) is 3.66. The standard InChI is InChI=1S/C18H22ClN3O3/c1-12-5-6-13(11-14(12)19)20-15(23)7-10-22-16(24)18(21-17(22)25)8-3-2-4-9-18/h5-6,11H,2-4,7-10H2,1H3,(H,20,23)(H,21,25). The zero-order valence-corrected chi connectivity index (χ0v) is 15.0. The van der Waals surface area contributed by atoms with Gasteiger partial charge in [0.05, 0.1) is 0 Å². The second kappa shape index (κ2) is 7.04. The Morgan fingerprint density at radius 3 is 2.68 bits per heavy atom. The van der Waals surface area contributed by atoms with Crippen LogP contribution in [0.25, 0.3) is 0 Å². The van der Waals surface area contributed by atoms with Crippen molar-refractivity contribution in [1.29, 1.82) is 0 Å². The van der Waals surface area contributed by atoms with Gasteiger partial charge in [0.25, 0.3) is 5.91 Å². The first kappa shape index (κ1) is 17.7. The maximum absolute atomic E-state index is 12.6. The van der Waals surface area contributed by atoms with Crippen LogP contribution >= 0.6 is 11.6 Å². The minimum atomic E-state index is -0.740. The van der Waals surface area contributed by atoms with E-state index in [9.17, 15) is 14.4 Å². The highest BCUT2D eigenvalue weighted by atomic mass is 35.5. The number of hydrogen-bond acceptors (Lipinski definition) is 3. The first-order valence-electron chi connectivity index (χ1n) is 8.61. The Hall–Kier alpha value is -2.08. The molecule has 7 heteroatoms. The summed E-state index contributed by atoms with van der Waals surface area (Å²) in [5.41, 5.74) is 0.786. The van der Waals surface area contributed by atoms with E-state index in [-0.39, 0.29) is 24.8 Å². The van der Waals surface area contributed by atoms with E-state index in [1.165, 1.54) is 4.90 Å². The molecule has 1 saturated heterocycles. The van der Waals surface area contributed by atoms with Crippen molar-refractivity contribution in [2.75, 3.05) is 11.9 Å². The van der Waals surface area contributed by atoms with Crippen molar-refractivity contribution in [2.45, 2.75) is 51.0 Å².